The number of benzene rings is 1. The van der Waals surface area contributed by atoms with Crippen LogP contribution in [-0.2, 0) is 16.7 Å². The smallest absolute Gasteiger partial charge is 0.238 e. The number of aryl methyl sites for hydroxylation is 1. The lowest BCUT2D eigenvalue weighted by atomic mass is 9.99. The lowest BCUT2D eigenvalue weighted by molar-refractivity contribution is 0.623. The molecule has 1 aromatic heterocycles. The van der Waals surface area contributed by atoms with Gasteiger partial charge in [-0.15, -0.1) is 0 Å². The molecule has 0 saturated carbocycles. The van der Waals surface area contributed by atoms with Crippen molar-refractivity contribution < 1.29 is 8.42 Å². The summed E-state index contributed by atoms with van der Waals surface area (Å²) in [6, 6.07) is 9.58. The van der Waals surface area contributed by atoms with E-state index >= 15 is 0 Å². The molecule has 0 amide bonds. The highest BCUT2D eigenvalue weighted by Gasteiger charge is 2.05. The second kappa shape index (κ2) is 5.32. The third-order valence-corrected chi connectivity index (χ3v) is 4.02. The zero-order valence-corrected chi connectivity index (χ0v) is 11.6. The fraction of sp³-hybridized carbons (Fsp3) is 0.214. The first-order valence-corrected chi connectivity index (χ1v) is 6.93. The lowest BCUT2D eigenvalue weighted by Crippen LogP contribution is -2.01. The molecule has 100 valence electrons. The van der Waals surface area contributed by atoms with Crippen LogP contribution in [0.3, 0.4) is 0 Å². The quantitative estimate of drug-likeness (QED) is 0.791. The van der Waals surface area contributed by atoms with E-state index in [1.807, 2.05) is 31.2 Å². The van der Waals surface area contributed by atoms with Crippen LogP contribution in [0.25, 0.3) is 0 Å². The van der Waals surface area contributed by atoms with Crippen molar-refractivity contribution in [3.63, 3.8) is 0 Å². The molecule has 5 heteroatoms. The maximum Gasteiger partial charge on any atom is 0.238 e. The van der Waals surface area contributed by atoms with E-state index in [1.54, 1.807) is 13.0 Å². The van der Waals surface area contributed by atoms with E-state index < -0.39 is 10.3 Å². The number of pyridine rings is 1. The Morgan fingerprint density at radius 1 is 1.11 bits per heavy atom. The van der Waals surface area contributed by atoms with Crippen molar-refractivity contribution in [3.05, 3.63) is 68.6 Å². The molecule has 0 fully saturated rings. The zero-order valence-electron chi connectivity index (χ0n) is 10.8. The fourth-order valence-corrected chi connectivity index (χ4v) is 2.65. The van der Waals surface area contributed by atoms with Crippen molar-refractivity contribution in [1.82, 2.24) is 4.73 Å². The first-order chi connectivity index (χ1) is 9.00. The zero-order chi connectivity index (χ0) is 14.0. The van der Waals surface area contributed by atoms with Crippen LogP contribution in [-0.4, -0.2) is 13.1 Å². The summed E-state index contributed by atoms with van der Waals surface area (Å²) in [5, 5.41) is 11.5. The molecule has 0 atom stereocenters. The normalized spacial score (nSPS) is 10.4. The van der Waals surface area contributed by atoms with Gasteiger partial charge in [-0.25, -0.2) is 0 Å². The van der Waals surface area contributed by atoms with Gasteiger partial charge in [-0.3, -0.25) is 0 Å². The monoisotopic (exact) mass is 276 g/mol. The van der Waals surface area contributed by atoms with Crippen LogP contribution < -0.4 is 0 Å². The Balaban J connectivity index is 2.58. The van der Waals surface area contributed by atoms with Gasteiger partial charge >= 0.3 is 0 Å². The second-order valence-corrected chi connectivity index (χ2v) is 5.29. The molecule has 0 aliphatic heterocycles. The van der Waals surface area contributed by atoms with E-state index in [2.05, 4.69) is 0 Å². The Labute approximate surface area is 113 Å². The maximum atomic E-state index is 11.5. The van der Waals surface area contributed by atoms with Crippen LogP contribution in [0.1, 0.15) is 22.3 Å². The van der Waals surface area contributed by atoms with Crippen molar-refractivity contribution in [2.75, 3.05) is 0 Å². The molecule has 1 heterocycles. The molecular weight excluding hydrogens is 262 g/mol. The first kappa shape index (κ1) is 13.4. The lowest BCUT2D eigenvalue weighted by Gasteiger charge is -2.15. The molecule has 4 nitrogen and oxygen atoms in total. The van der Waals surface area contributed by atoms with E-state index in [1.165, 1.54) is 6.20 Å². The Morgan fingerprint density at radius 2 is 1.79 bits per heavy atom. The summed E-state index contributed by atoms with van der Waals surface area (Å²) >= 11 is 0. The Morgan fingerprint density at radius 3 is 2.42 bits per heavy atom. The molecular formula is C14H14NO3S-. The highest BCUT2D eigenvalue weighted by atomic mass is 32.2. The van der Waals surface area contributed by atoms with Gasteiger partial charge in [0.25, 0.3) is 0 Å². The van der Waals surface area contributed by atoms with Crippen molar-refractivity contribution in [3.8, 4) is 0 Å². The number of rotatable bonds is 2. The summed E-state index contributed by atoms with van der Waals surface area (Å²) in [7, 11) is -2.53. The molecule has 2 rings (SSSR count). The molecule has 0 spiro atoms. The van der Waals surface area contributed by atoms with Crippen molar-refractivity contribution in [2.24, 2.45) is 0 Å². The summed E-state index contributed by atoms with van der Waals surface area (Å²) in [5.41, 5.74) is 3.62. The summed E-state index contributed by atoms with van der Waals surface area (Å²) in [5.74, 6) is 0. The van der Waals surface area contributed by atoms with Crippen molar-refractivity contribution in [1.29, 1.82) is 0 Å². The van der Waals surface area contributed by atoms with E-state index in [0.717, 1.165) is 16.7 Å². The molecule has 0 aliphatic rings. The van der Waals surface area contributed by atoms with Gasteiger partial charge in [-0.05, 0) is 54.8 Å². The van der Waals surface area contributed by atoms with Crippen LogP contribution in [0.4, 0.5) is 0 Å². The molecule has 1 aromatic carbocycles. The van der Waals surface area contributed by atoms with Crippen LogP contribution in [0.5, 0.6) is 0 Å². The highest BCUT2D eigenvalue weighted by molar-refractivity contribution is 7.63. The van der Waals surface area contributed by atoms with Gasteiger partial charge in [0, 0.05) is 0 Å². The average Bonchev–Trinajstić information content (AvgIpc) is 2.35. The van der Waals surface area contributed by atoms with E-state index in [0.29, 0.717) is 16.7 Å². The number of hydrogen-bond acceptors (Lipinski definition) is 3. The van der Waals surface area contributed by atoms with E-state index in [4.69, 9.17) is 0 Å². The van der Waals surface area contributed by atoms with Gasteiger partial charge in [0.2, 0.25) is 10.3 Å². The number of nitrogens with zero attached hydrogens (tertiary/aromatic N) is 1. The Kier molecular flexibility index (Phi) is 3.76. The van der Waals surface area contributed by atoms with Crippen LogP contribution in [0, 0.1) is 23.7 Å². The third kappa shape index (κ3) is 2.71. The van der Waals surface area contributed by atoms with Gasteiger partial charge < -0.3 is 9.94 Å². The molecule has 0 bridgehead atoms. The largest absolute Gasteiger partial charge is 0.805 e. The molecule has 0 aliphatic carbocycles. The fourth-order valence-electron chi connectivity index (χ4n) is 2.06. The Hall–Kier alpha value is -2.01. The molecule has 19 heavy (non-hydrogen) atoms. The van der Waals surface area contributed by atoms with Crippen LogP contribution in [0.15, 0.2) is 36.5 Å². The molecule has 0 unspecified atom stereocenters. The molecule has 0 N–H and O–H groups in total. The average molecular weight is 276 g/mol. The minimum Gasteiger partial charge on any atom is -0.805 e. The number of aromatic nitrogens is 1. The maximum absolute atomic E-state index is 11.5. The minimum atomic E-state index is -2.53. The Bertz CT molecular complexity index is 781. The van der Waals surface area contributed by atoms with Gasteiger partial charge in [-0.1, -0.05) is 24.3 Å². The summed E-state index contributed by atoms with van der Waals surface area (Å²) in [6.07, 6.45) is 1.86. The summed E-state index contributed by atoms with van der Waals surface area (Å²) < 4.78 is 22.4. The first-order valence-electron chi connectivity index (χ1n) is 5.86. The van der Waals surface area contributed by atoms with Gasteiger partial charge in [-0.2, -0.15) is 8.42 Å². The second-order valence-electron chi connectivity index (χ2n) is 4.43. The van der Waals surface area contributed by atoms with Crippen LogP contribution in [0.2, 0.25) is 0 Å². The standard InChI is InChI=1S/C14H14NO3S/c1-10-5-3-4-6-12(10)9-13-7-8-15(16)14(11(13)2)19(17)18/h3-8H,9H2,1-2H3/q-1. The summed E-state index contributed by atoms with van der Waals surface area (Å²) in [6.45, 7) is 3.67. The summed E-state index contributed by atoms with van der Waals surface area (Å²) in [4.78, 5) is 0. The molecule has 0 radical (unpaired) electrons. The predicted octanol–water partition coefficient (Wildman–Crippen LogP) is 2.45. The van der Waals surface area contributed by atoms with Gasteiger partial charge in [0.05, 0.1) is 0 Å². The predicted molar refractivity (Wildman–Crippen MR) is 74.1 cm³/mol. The molecule has 0 saturated heterocycles. The van der Waals surface area contributed by atoms with E-state index in [-0.39, 0.29) is 4.64 Å². The van der Waals surface area contributed by atoms with Crippen molar-refractivity contribution >= 4 is 10.3 Å². The van der Waals surface area contributed by atoms with Crippen LogP contribution >= 0.6 is 0 Å². The van der Waals surface area contributed by atoms with Crippen molar-refractivity contribution in [2.45, 2.75) is 20.3 Å². The third-order valence-electron chi connectivity index (χ3n) is 3.21. The number of hydrogen-bond donors (Lipinski definition) is 0. The van der Waals surface area contributed by atoms with E-state index in [9.17, 15) is 13.6 Å². The van der Waals surface area contributed by atoms with Gasteiger partial charge in [0.15, 0.2) is 4.64 Å². The topological polar surface area (TPSA) is 62.1 Å². The van der Waals surface area contributed by atoms with Gasteiger partial charge in [0.1, 0.15) is 0 Å². The minimum absolute atomic E-state index is 0.203. The SMILES string of the molecule is Cc1ccccc1Cc1ccn([O-])c(=S(=O)=O)c1C. The highest BCUT2D eigenvalue weighted by Crippen LogP contribution is 2.17. The molecule has 2 aromatic rings.